The Hall–Kier alpha value is -17.7. The number of thiophene rings is 3. The van der Waals surface area contributed by atoms with Crippen LogP contribution in [0.5, 0.6) is 0 Å². The molecule has 6 nitrogen and oxygen atoms in total. The first-order valence-corrected chi connectivity index (χ1v) is 50.3. The van der Waals surface area contributed by atoms with Crippen molar-refractivity contribution in [1.29, 1.82) is 0 Å². The molecule has 141 heavy (non-hydrogen) atoms. The van der Waals surface area contributed by atoms with Gasteiger partial charge in [0.05, 0.1) is 47.2 Å². The predicted octanol–water partition coefficient (Wildman–Crippen LogP) is 38.7. The van der Waals surface area contributed by atoms with Crippen LogP contribution in [0.15, 0.2) is 505 Å². The van der Waals surface area contributed by atoms with Gasteiger partial charge < -0.3 is 27.0 Å². The number of rotatable bonds is 12. The number of hydrogen-bond acceptors (Lipinski definition) is 6. The highest BCUT2D eigenvalue weighted by atomic mass is 32.1. The highest BCUT2D eigenvalue weighted by Crippen LogP contribution is 2.53. The third-order valence-corrected chi connectivity index (χ3v) is 31.8. The normalized spacial score (nSPS) is 11.8. The molecule has 30 aromatic rings. The minimum Gasteiger partial charge on any atom is -0.455 e. The molecule has 30 rings (SSSR count). The summed E-state index contributed by atoms with van der Waals surface area (Å²) in [6.07, 6.45) is 0. The largest absolute Gasteiger partial charge is 0.455 e. The van der Waals surface area contributed by atoms with E-state index < -0.39 is 0 Å². The molecule has 9 heteroatoms. The van der Waals surface area contributed by atoms with Gasteiger partial charge in [-0.15, -0.1) is 34.0 Å². The van der Waals surface area contributed by atoms with Crippen LogP contribution in [0, 0.1) is 0 Å². The molecule has 0 aliphatic heterocycles. The van der Waals surface area contributed by atoms with E-state index in [1.54, 1.807) is 0 Å². The van der Waals surface area contributed by atoms with E-state index in [4.69, 9.17) is 13.3 Å². The van der Waals surface area contributed by atoms with Gasteiger partial charge >= 0.3 is 0 Å². The molecule has 0 saturated heterocycles. The molecule has 0 radical (unpaired) electrons. The minimum atomic E-state index is 0.903. The van der Waals surface area contributed by atoms with Gasteiger partial charge in [-0.1, -0.05) is 394 Å². The fourth-order valence-electron chi connectivity index (χ4n) is 22.0. The summed E-state index contributed by atoms with van der Waals surface area (Å²) in [6.45, 7) is 0. The van der Waals surface area contributed by atoms with Gasteiger partial charge in [0, 0.05) is 118 Å². The van der Waals surface area contributed by atoms with Crippen molar-refractivity contribution in [3.05, 3.63) is 491 Å². The highest BCUT2D eigenvalue weighted by Gasteiger charge is 2.27. The lowest BCUT2D eigenvalue weighted by molar-refractivity contribution is 0.669. The monoisotopic (exact) mass is 1850 g/mol. The van der Waals surface area contributed by atoms with Crippen molar-refractivity contribution < 1.29 is 13.3 Å². The molecule has 0 unspecified atom stereocenters. The molecule has 0 aliphatic rings. The van der Waals surface area contributed by atoms with Crippen LogP contribution >= 0.6 is 34.0 Å². The Labute approximate surface area is 822 Å². The van der Waals surface area contributed by atoms with E-state index in [1.807, 2.05) is 34.0 Å². The van der Waals surface area contributed by atoms with Gasteiger partial charge in [0.2, 0.25) is 0 Å². The van der Waals surface area contributed by atoms with Gasteiger partial charge in [-0.2, -0.15) is 0 Å². The zero-order chi connectivity index (χ0) is 92.7. The smallest absolute Gasteiger partial charge is 0.143 e. The average molecular weight is 1850 g/mol. The Morgan fingerprint density at radius 1 is 0.156 bits per heavy atom. The second kappa shape index (κ2) is 33.6. The maximum absolute atomic E-state index is 6.83. The second-order valence-electron chi connectivity index (χ2n) is 36.2. The number of para-hydroxylation sites is 10. The first-order valence-electron chi connectivity index (χ1n) is 47.8. The molecule has 0 bridgehead atoms. The molecule has 0 N–H and O–H groups in total. The average Bonchev–Trinajstić information content (AvgIpc) is 1.57. The summed E-state index contributed by atoms with van der Waals surface area (Å²) in [4.78, 5) is 0. The Morgan fingerprint density at radius 2 is 0.468 bits per heavy atom. The summed E-state index contributed by atoms with van der Waals surface area (Å²) in [7, 11) is 0. The topological polar surface area (TPSA) is 54.2 Å². The molecule has 0 fully saturated rings. The lowest BCUT2D eigenvalue weighted by atomic mass is 9.91. The molecule has 9 aromatic heterocycles. The zero-order valence-electron chi connectivity index (χ0n) is 76.1. The Bertz CT molecular complexity index is 10200. The molecule has 0 amide bonds. The van der Waals surface area contributed by atoms with E-state index in [0.717, 1.165) is 105 Å². The van der Waals surface area contributed by atoms with Crippen molar-refractivity contribution in [3.63, 3.8) is 0 Å². The number of fused-ring (bicyclic) bond motifs is 24. The fourth-order valence-corrected chi connectivity index (χ4v) is 25.7. The van der Waals surface area contributed by atoms with Crippen LogP contribution in [0.3, 0.4) is 0 Å². The molecule has 21 aromatic carbocycles. The van der Waals surface area contributed by atoms with Gasteiger partial charge in [0.1, 0.15) is 33.5 Å². The number of aromatic nitrogens is 3. The van der Waals surface area contributed by atoms with E-state index in [9.17, 15) is 0 Å². The van der Waals surface area contributed by atoms with Crippen LogP contribution < -0.4 is 0 Å². The third kappa shape index (κ3) is 13.5. The summed E-state index contributed by atoms with van der Waals surface area (Å²) >= 11 is 5.65. The highest BCUT2D eigenvalue weighted by molar-refractivity contribution is 7.27. The Kier molecular flexibility index (Phi) is 19.5. The van der Waals surface area contributed by atoms with E-state index in [1.165, 1.54) is 172 Å². The van der Waals surface area contributed by atoms with Crippen molar-refractivity contribution in [3.8, 4) is 117 Å². The van der Waals surface area contributed by atoms with E-state index in [-0.39, 0.29) is 0 Å². The number of furan rings is 3. The molecule has 0 spiro atoms. The molecule has 0 saturated carbocycles. The summed E-state index contributed by atoms with van der Waals surface area (Å²) in [6, 6.07) is 176. The maximum Gasteiger partial charge on any atom is 0.143 e. The van der Waals surface area contributed by atoms with Crippen molar-refractivity contribution in [2.45, 2.75) is 0 Å². The molecular weight excluding hydrogens is 1770 g/mol. The van der Waals surface area contributed by atoms with Gasteiger partial charge in [-0.25, -0.2) is 0 Å². The van der Waals surface area contributed by atoms with Crippen molar-refractivity contribution in [2.75, 3.05) is 0 Å². The van der Waals surface area contributed by atoms with Gasteiger partial charge in [-0.05, 0) is 175 Å². The second-order valence-corrected chi connectivity index (χ2v) is 39.4. The van der Waals surface area contributed by atoms with E-state index in [2.05, 4.69) is 505 Å². The van der Waals surface area contributed by atoms with Gasteiger partial charge in [-0.3, -0.25) is 0 Å². The zero-order valence-corrected chi connectivity index (χ0v) is 78.5. The van der Waals surface area contributed by atoms with Crippen LogP contribution in [0.25, 0.3) is 277 Å². The molecular formula is C132H81N3O3S3. The maximum atomic E-state index is 6.83. The van der Waals surface area contributed by atoms with Crippen LogP contribution in [0.1, 0.15) is 0 Å². The third-order valence-electron chi connectivity index (χ3n) is 28.3. The molecule has 660 valence electrons. The summed E-state index contributed by atoms with van der Waals surface area (Å²) < 4.78 is 35.2. The number of hydrogen-bond donors (Lipinski definition) is 0. The van der Waals surface area contributed by atoms with Crippen molar-refractivity contribution in [2.24, 2.45) is 0 Å². The number of benzene rings is 21. The molecule has 0 atom stereocenters. The van der Waals surface area contributed by atoms with Crippen LogP contribution in [-0.2, 0) is 0 Å². The van der Waals surface area contributed by atoms with Crippen LogP contribution in [-0.4, -0.2) is 13.7 Å². The fraction of sp³-hybridized carbons (Fsp3) is 0. The predicted molar refractivity (Wildman–Crippen MR) is 599 cm³/mol. The number of nitrogens with zero attached hydrogens (tertiary/aromatic N) is 3. The first kappa shape index (κ1) is 81.6. The lowest BCUT2D eigenvalue weighted by Crippen LogP contribution is -1.93. The lowest BCUT2D eigenvalue weighted by Gasteiger charge is -2.12. The SMILES string of the molecule is c1ccc(-c2ccc3oc4c(-c5ccccc5-c5ccc6c(c5)sc5c7ccccc7n(-c7ccccc7)c65)cccc4c3c2)cc1.c1ccc(-c2cccc3c2oc2c(-c4ccccc4-c4ccc5sc6c7ccccc7n(-c7ccccc7)c6c5c4)cccc23)cc1.c1ccc(-c2cccc3c2oc2cccc(-c4ccccc4-c4ccc5c(c4)sc4c6ccccc6n(-c6ccccc6)c54)c23)cc1. The first-order chi connectivity index (χ1) is 70.0. The Morgan fingerprint density at radius 3 is 0.950 bits per heavy atom. The van der Waals surface area contributed by atoms with E-state index in [0.29, 0.717) is 0 Å². The standard InChI is InChI=1S/3C44H27NOS/c1-3-13-28(14-4-1)32-20-11-22-35-36-23-12-21-34(43(36)46-42(32)35)33-18-8-7-17-31(33)29-25-26-40-38(27-29)41-44(47-40)37-19-9-10-24-39(37)45(41)30-15-5-2-6-16-30;1-3-13-28(14-4-1)32-20-11-22-37-41-34(21-12-24-39(41)46-43(32)37)33-18-8-7-17-31(33)29-25-26-36-40(27-29)47-44-35-19-9-10-23-38(35)45(42(36)44)30-15-5-2-6-16-30;1-3-12-28(13-4-1)29-23-25-40-38(26-29)35-20-11-19-34(43(35)46-40)33-17-8-7-16-32(33)30-22-24-37-41(27-30)47-44-36-18-9-10-21-39(36)45(42(37)44)31-14-5-2-6-15-31/h3*1-27H. The minimum absolute atomic E-state index is 0.903. The summed E-state index contributed by atoms with van der Waals surface area (Å²) in [5.41, 5.74) is 37.6. The van der Waals surface area contributed by atoms with Crippen molar-refractivity contribution >= 4 is 193 Å². The summed E-state index contributed by atoms with van der Waals surface area (Å²) in [5, 5.41) is 14.5. The van der Waals surface area contributed by atoms with Crippen LogP contribution in [0.2, 0.25) is 0 Å². The quantitative estimate of drug-likeness (QED) is 0.122. The molecule has 0 aliphatic carbocycles. The summed E-state index contributed by atoms with van der Waals surface area (Å²) in [5.74, 6) is 0. The van der Waals surface area contributed by atoms with Gasteiger partial charge in [0.15, 0.2) is 0 Å². The van der Waals surface area contributed by atoms with Gasteiger partial charge in [0.25, 0.3) is 0 Å². The van der Waals surface area contributed by atoms with Crippen LogP contribution in [0.4, 0.5) is 0 Å². The van der Waals surface area contributed by atoms with Crippen molar-refractivity contribution in [1.82, 2.24) is 13.7 Å². The van der Waals surface area contributed by atoms with E-state index >= 15 is 0 Å². The molecule has 9 heterocycles. The Balaban J connectivity index is 0.000000104.